The molecule has 0 saturated heterocycles. The predicted molar refractivity (Wildman–Crippen MR) is 117 cm³/mol. The number of hydrogen-bond donors (Lipinski definition) is 9. The van der Waals surface area contributed by atoms with E-state index < -0.39 is 91.6 Å². The summed E-state index contributed by atoms with van der Waals surface area (Å²) in [4.78, 5) is 81.0. The average Bonchev–Trinajstić information content (AvgIpc) is 2.79. The highest BCUT2D eigenvalue weighted by atomic mass is 16.6. The highest BCUT2D eigenvalue weighted by Gasteiger charge is 2.39. The number of nitrogens with one attached hydrogen (secondary N) is 4. The predicted octanol–water partition coefficient (Wildman–Crippen LogP) is -5.16. The fourth-order valence-electron chi connectivity index (χ4n) is 2.68. The quantitative estimate of drug-likeness (QED) is 0.0921. The highest BCUT2D eigenvalue weighted by Crippen LogP contribution is 2.12. The lowest BCUT2D eigenvalue weighted by Gasteiger charge is -2.31. The normalized spacial score (nSPS) is 14.7. The number of aliphatic hydroxyl groups excluding tert-OH is 3. The number of carbonyl (C=O) groups excluding carboxylic acids is 6. The monoisotopic (exact) mass is 521 g/mol. The van der Waals surface area contributed by atoms with Crippen LogP contribution in [0.25, 0.3) is 0 Å². The zero-order valence-corrected chi connectivity index (χ0v) is 19.6. The fourth-order valence-corrected chi connectivity index (χ4v) is 2.68. The van der Waals surface area contributed by atoms with E-state index in [-0.39, 0.29) is 12.8 Å². The van der Waals surface area contributed by atoms with Crippen LogP contribution >= 0.6 is 0 Å². The molecular formula is C19H31N5O12. The Labute approximate surface area is 204 Å². The third-order valence-electron chi connectivity index (χ3n) is 4.46. The van der Waals surface area contributed by atoms with Crippen LogP contribution in [0.1, 0.15) is 26.7 Å². The van der Waals surface area contributed by atoms with Gasteiger partial charge in [0.1, 0.15) is 37.4 Å². The fraction of sp³-hybridized carbons (Fsp3) is 0.632. The van der Waals surface area contributed by atoms with Gasteiger partial charge < -0.3 is 52.2 Å². The first-order valence-corrected chi connectivity index (χ1v) is 10.5. The number of alkyl carbamates (subject to hydrolysis) is 1. The van der Waals surface area contributed by atoms with Crippen LogP contribution in [0.4, 0.5) is 4.79 Å². The van der Waals surface area contributed by atoms with Gasteiger partial charge in [0.25, 0.3) is 0 Å². The molecule has 0 aromatic carbocycles. The van der Waals surface area contributed by atoms with Crippen LogP contribution in [-0.4, -0.2) is 112 Å². The van der Waals surface area contributed by atoms with Gasteiger partial charge in [-0.1, -0.05) is 0 Å². The van der Waals surface area contributed by atoms with Crippen molar-refractivity contribution in [2.45, 2.75) is 57.1 Å². The van der Waals surface area contributed by atoms with Gasteiger partial charge in [-0.25, -0.2) is 4.79 Å². The third-order valence-corrected chi connectivity index (χ3v) is 4.46. The van der Waals surface area contributed by atoms with E-state index in [1.165, 1.54) is 0 Å². The Morgan fingerprint density at radius 3 is 2.00 bits per heavy atom. The number of rotatable bonds is 16. The standard InChI is InChI=1S/C19H31N5O12/c1-8(26)15(23-9(2)27)17(16(33)11(28)7-25)36-19(35)22-5-13(30)24-10(18(20)34)3-4-12(29)21-6-14(31)32/h10-11,15-17,25,28,33H,3-7H2,1-2H3,(H2,20,34)(H,21,29)(H,22,35)(H,23,27)(H,24,30)(H,31,32)/t10?,11-,15+,16-,17-/m1/s1. The molecule has 5 amide bonds. The molecule has 0 spiro atoms. The molecule has 0 aliphatic heterocycles. The van der Waals surface area contributed by atoms with Crippen LogP contribution in [0.2, 0.25) is 0 Å². The van der Waals surface area contributed by atoms with Crippen molar-refractivity contribution in [1.29, 1.82) is 0 Å². The maximum absolute atomic E-state index is 12.2. The van der Waals surface area contributed by atoms with Gasteiger partial charge in [0.2, 0.25) is 23.6 Å². The summed E-state index contributed by atoms with van der Waals surface area (Å²) in [5.41, 5.74) is 5.16. The molecule has 10 N–H and O–H groups in total. The number of Topliss-reactive ketones (excluding diaryl/α,β-unsaturated/α-hetero) is 1. The minimum absolute atomic E-state index is 0.276. The Morgan fingerprint density at radius 1 is 0.917 bits per heavy atom. The molecule has 0 heterocycles. The number of amides is 5. The number of ether oxygens (including phenoxy) is 1. The zero-order valence-electron chi connectivity index (χ0n) is 19.6. The first-order chi connectivity index (χ1) is 16.7. The van der Waals surface area contributed by atoms with E-state index in [9.17, 15) is 43.8 Å². The van der Waals surface area contributed by atoms with Crippen molar-refractivity contribution in [1.82, 2.24) is 21.3 Å². The maximum atomic E-state index is 12.2. The topological polar surface area (TPSA) is 284 Å². The van der Waals surface area contributed by atoms with E-state index in [0.717, 1.165) is 13.8 Å². The van der Waals surface area contributed by atoms with Crippen LogP contribution in [-0.2, 0) is 33.5 Å². The van der Waals surface area contributed by atoms with E-state index >= 15 is 0 Å². The molecule has 0 bridgehead atoms. The summed E-state index contributed by atoms with van der Waals surface area (Å²) in [5.74, 6) is -5.47. The second-order valence-corrected chi connectivity index (χ2v) is 7.48. The SMILES string of the molecule is CC(=O)N[C@@H](C(C)=O)[C@@H](OC(=O)NCC(=O)NC(CCC(=O)NCC(=O)O)C(N)=O)[C@H](O)[C@H](O)CO. The Balaban J connectivity index is 5.08. The van der Waals surface area contributed by atoms with Gasteiger partial charge in [-0.15, -0.1) is 0 Å². The van der Waals surface area contributed by atoms with E-state index in [1.807, 2.05) is 5.32 Å². The lowest BCUT2D eigenvalue weighted by Crippen LogP contribution is -2.58. The number of carboxylic acid groups (broad SMARTS) is 1. The highest BCUT2D eigenvalue weighted by molar-refractivity contribution is 5.90. The number of nitrogens with two attached hydrogens (primary N) is 1. The first kappa shape index (κ1) is 32.2. The average molecular weight is 521 g/mol. The van der Waals surface area contributed by atoms with Crippen LogP contribution < -0.4 is 27.0 Å². The van der Waals surface area contributed by atoms with Crippen molar-refractivity contribution in [3.63, 3.8) is 0 Å². The molecule has 0 saturated carbocycles. The summed E-state index contributed by atoms with van der Waals surface area (Å²) in [6.45, 7) is -0.373. The first-order valence-electron chi connectivity index (χ1n) is 10.5. The Bertz CT molecular complexity index is 836. The number of aliphatic carboxylic acids is 1. The number of primary amides is 1. The van der Waals surface area contributed by atoms with Gasteiger partial charge >= 0.3 is 12.1 Å². The van der Waals surface area contributed by atoms with Crippen LogP contribution in [0, 0.1) is 0 Å². The summed E-state index contributed by atoms with van der Waals surface area (Å²) >= 11 is 0. The lowest BCUT2D eigenvalue weighted by molar-refractivity contribution is -0.138. The molecule has 204 valence electrons. The number of hydrogen-bond acceptors (Lipinski definition) is 11. The summed E-state index contributed by atoms with van der Waals surface area (Å²) < 4.78 is 4.91. The molecule has 0 aliphatic carbocycles. The van der Waals surface area contributed by atoms with E-state index in [0.29, 0.717) is 0 Å². The van der Waals surface area contributed by atoms with Crippen molar-refractivity contribution in [3.8, 4) is 0 Å². The van der Waals surface area contributed by atoms with Crippen molar-refractivity contribution in [2.24, 2.45) is 5.73 Å². The summed E-state index contributed by atoms with van der Waals surface area (Å²) in [5, 5.41) is 45.7. The third kappa shape index (κ3) is 12.6. The molecule has 17 heteroatoms. The maximum Gasteiger partial charge on any atom is 0.408 e. The second-order valence-electron chi connectivity index (χ2n) is 7.48. The zero-order chi connectivity index (χ0) is 28.0. The number of aliphatic hydroxyl groups is 3. The molecular weight excluding hydrogens is 490 g/mol. The van der Waals surface area contributed by atoms with Gasteiger partial charge in [-0.05, 0) is 13.3 Å². The minimum Gasteiger partial charge on any atom is -0.480 e. The van der Waals surface area contributed by atoms with Crippen LogP contribution in [0.3, 0.4) is 0 Å². The van der Waals surface area contributed by atoms with Gasteiger partial charge in [0.15, 0.2) is 11.9 Å². The van der Waals surface area contributed by atoms with Gasteiger partial charge in [0.05, 0.1) is 6.61 Å². The molecule has 0 aromatic heterocycles. The second kappa shape index (κ2) is 16.0. The molecule has 0 aliphatic rings. The molecule has 36 heavy (non-hydrogen) atoms. The largest absolute Gasteiger partial charge is 0.480 e. The summed E-state index contributed by atoms with van der Waals surface area (Å²) in [6, 6.07) is -2.95. The number of carbonyl (C=O) groups is 7. The summed E-state index contributed by atoms with van der Waals surface area (Å²) in [6.07, 6.45) is -7.73. The molecule has 0 fully saturated rings. The summed E-state index contributed by atoms with van der Waals surface area (Å²) in [7, 11) is 0. The van der Waals surface area contributed by atoms with Gasteiger partial charge in [0, 0.05) is 13.3 Å². The lowest BCUT2D eigenvalue weighted by atomic mass is 9.98. The molecule has 0 radical (unpaired) electrons. The van der Waals surface area contributed by atoms with Crippen molar-refractivity contribution in [3.05, 3.63) is 0 Å². The Kier molecular flexibility index (Phi) is 14.3. The smallest absolute Gasteiger partial charge is 0.408 e. The Hall–Kier alpha value is -3.83. The Morgan fingerprint density at radius 2 is 1.53 bits per heavy atom. The van der Waals surface area contributed by atoms with E-state index in [2.05, 4.69) is 16.0 Å². The molecule has 0 rings (SSSR count). The number of ketones is 1. The van der Waals surface area contributed by atoms with Crippen LogP contribution in [0.5, 0.6) is 0 Å². The van der Waals surface area contributed by atoms with E-state index in [1.54, 1.807) is 0 Å². The van der Waals surface area contributed by atoms with Crippen LogP contribution in [0.15, 0.2) is 0 Å². The van der Waals surface area contributed by atoms with Crippen molar-refractivity contribution in [2.75, 3.05) is 19.7 Å². The molecule has 0 aromatic rings. The molecule has 1 unspecified atom stereocenters. The molecule has 5 atom stereocenters. The van der Waals surface area contributed by atoms with Crippen molar-refractivity contribution < 1.29 is 58.7 Å². The van der Waals surface area contributed by atoms with Gasteiger partial charge in [-0.3, -0.25) is 28.8 Å². The minimum atomic E-state index is -2.01. The molecule has 17 nitrogen and oxygen atoms in total. The van der Waals surface area contributed by atoms with Gasteiger partial charge in [-0.2, -0.15) is 0 Å². The number of carboxylic acids is 1. The van der Waals surface area contributed by atoms with Crippen molar-refractivity contribution >= 4 is 41.5 Å². The van der Waals surface area contributed by atoms with E-state index in [4.69, 9.17) is 20.7 Å².